The van der Waals surface area contributed by atoms with Crippen molar-refractivity contribution in [1.82, 2.24) is 5.32 Å². The van der Waals surface area contributed by atoms with Gasteiger partial charge in [0, 0.05) is 12.6 Å². The Kier molecular flexibility index (Phi) is 13.6. The number of rotatable bonds is 16. The molecule has 0 radical (unpaired) electrons. The van der Waals surface area contributed by atoms with Gasteiger partial charge in [0.25, 0.3) is 0 Å². The predicted molar refractivity (Wildman–Crippen MR) is 108 cm³/mol. The van der Waals surface area contributed by atoms with E-state index in [4.69, 9.17) is 9.84 Å². The molecule has 0 saturated carbocycles. The zero-order valence-corrected chi connectivity index (χ0v) is 16.5. The summed E-state index contributed by atoms with van der Waals surface area (Å²) in [5.74, 6) is 1.58. The summed E-state index contributed by atoms with van der Waals surface area (Å²) < 4.78 is 5.38. The second kappa shape index (κ2) is 15.7. The van der Waals surface area contributed by atoms with E-state index in [9.17, 15) is 4.79 Å². The van der Waals surface area contributed by atoms with Gasteiger partial charge in [-0.25, -0.2) is 0 Å². The lowest BCUT2D eigenvalue weighted by Crippen LogP contribution is -2.24. The summed E-state index contributed by atoms with van der Waals surface area (Å²) in [6, 6.07) is 0. The van der Waals surface area contributed by atoms with Crippen molar-refractivity contribution in [2.75, 3.05) is 13.2 Å². The van der Waals surface area contributed by atoms with Gasteiger partial charge in [0.05, 0.1) is 6.61 Å². The first-order chi connectivity index (χ1) is 12.8. The molecule has 1 aliphatic heterocycles. The number of nitrogens with one attached hydrogen (secondary N) is 1. The highest BCUT2D eigenvalue weighted by atomic mass is 16.6. The second-order valence-corrected chi connectivity index (χ2v) is 6.90. The topological polar surface area (TPSA) is 61.9 Å². The van der Waals surface area contributed by atoms with Gasteiger partial charge in [-0.15, -0.1) is 0 Å². The fourth-order valence-electron chi connectivity index (χ4n) is 2.85. The summed E-state index contributed by atoms with van der Waals surface area (Å²) in [4.78, 5) is 11.3. The maximum absolute atomic E-state index is 11.3. The van der Waals surface area contributed by atoms with Crippen molar-refractivity contribution in [1.29, 1.82) is 0 Å². The highest BCUT2D eigenvalue weighted by molar-refractivity contribution is 5.87. The van der Waals surface area contributed by atoms with Crippen LogP contribution in [-0.2, 0) is 9.53 Å². The average molecular weight is 364 g/mol. The third kappa shape index (κ3) is 12.8. The molecule has 0 unspecified atom stereocenters. The van der Waals surface area contributed by atoms with Crippen molar-refractivity contribution in [2.45, 2.75) is 84.0 Å². The summed E-state index contributed by atoms with van der Waals surface area (Å²) in [7, 11) is 0. The average Bonchev–Trinajstić information content (AvgIpc) is 3.39. The van der Waals surface area contributed by atoms with Gasteiger partial charge in [0.1, 0.15) is 0 Å². The van der Waals surface area contributed by atoms with Crippen LogP contribution in [0.1, 0.15) is 84.0 Å². The molecule has 0 atom stereocenters. The standard InChI is InChI=1S/C22H37NO3/c1-2-3-4-5-6-7-8-9-10-11-12-13-15-20-21(26-20)16-14-17-22(25)23-18-19-24/h14-17,24H,2-13,18-19H2,1H3,(H,23,25). The Balaban J connectivity index is 1.93. The van der Waals surface area contributed by atoms with Gasteiger partial charge in [-0.05, 0) is 25.0 Å². The number of hydrogen-bond acceptors (Lipinski definition) is 3. The van der Waals surface area contributed by atoms with Crippen molar-refractivity contribution in [3.05, 3.63) is 35.8 Å². The van der Waals surface area contributed by atoms with Crippen LogP contribution in [0.3, 0.4) is 0 Å². The Morgan fingerprint density at radius 1 is 0.962 bits per heavy atom. The maximum atomic E-state index is 11.3. The Labute approximate surface area is 159 Å². The van der Waals surface area contributed by atoms with Crippen molar-refractivity contribution in [2.24, 2.45) is 0 Å². The van der Waals surface area contributed by atoms with Crippen LogP contribution in [0.4, 0.5) is 0 Å². The van der Waals surface area contributed by atoms with Gasteiger partial charge < -0.3 is 15.2 Å². The van der Waals surface area contributed by atoms with Crippen molar-refractivity contribution in [3.8, 4) is 0 Å². The maximum Gasteiger partial charge on any atom is 0.244 e. The molecule has 26 heavy (non-hydrogen) atoms. The largest absolute Gasteiger partial charge is 0.450 e. The molecule has 1 fully saturated rings. The van der Waals surface area contributed by atoms with Crippen LogP contribution in [0.15, 0.2) is 35.8 Å². The monoisotopic (exact) mass is 363 g/mol. The number of unbranched alkanes of at least 4 members (excludes halogenated alkanes) is 11. The SMILES string of the molecule is CCCCCCCCCCCCCC=C1OC1=CC=CC(=O)NCCO. The minimum atomic E-state index is -0.206. The lowest BCUT2D eigenvalue weighted by molar-refractivity contribution is -0.116. The molecule has 0 aromatic carbocycles. The van der Waals surface area contributed by atoms with Gasteiger partial charge in [-0.1, -0.05) is 77.2 Å². The molecule has 2 N–H and O–H groups in total. The van der Waals surface area contributed by atoms with E-state index in [1.165, 1.54) is 76.7 Å². The number of carbonyl (C=O) groups excluding carboxylic acids is 1. The highest BCUT2D eigenvalue weighted by Crippen LogP contribution is 2.32. The molecule has 4 nitrogen and oxygen atoms in total. The Bertz CT molecular complexity index is 466. The van der Waals surface area contributed by atoms with E-state index in [0.29, 0.717) is 0 Å². The molecular weight excluding hydrogens is 326 g/mol. The number of aliphatic hydroxyl groups is 1. The van der Waals surface area contributed by atoms with Crippen LogP contribution < -0.4 is 5.32 Å². The summed E-state index contributed by atoms with van der Waals surface area (Å²) in [5.41, 5.74) is 0. The summed E-state index contributed by atoms with van der Waals surface area (Å²) >= 11 is 0. The minimum absolute atomic E-state index is 0.0459. The highest BCUT2D eigenvalue weighted by Gasteiger charge is 2.22. The number of epoxide rings is 1. The molecule has 1 rings (SSSR count). The molecule has 0 spiro atoms. The van der Waals surface area contributed by atoms with Crippen LogP contribution in [0.2, 0.25) is 0 Å². The molecule has 0 aromatic heterocycles. The summed E-state index contributed by atoms with van der Waals surface area (Å²) in [5, 5.41) is 11.2. The van der Waals surface area contributed by atoms with E-state index in [1.54, 1.807) is 12.2 Å². The Morgan fingerprint density at radius 2 is 1.58 bits per heavy atom. The number of aliphatic hydroxyl groups excluding tert-OH is 1. The molecule has 0 bridgehead atoms. The van der Waals surface area contributed by atoms with Gasteiger partial charge in [-0.2, -0.15) is 0 Å². The lowest BCUT2D eigenvalue weighted by atomic mass is 10.1. The number of carbonyl (C=O) groups is 1. The zero-order valence-electron chi connectivity index (χ0n) is 16.5. The van der Waals surface area contributed by atoms with E-state index < -0.39 is 0 Å². The van der Waals surface area contributed by atoms with E-state index in [1.807, 2.05) is 0 Å². The molecule has 1 aliphatic rings. The summed E-state index contributed by atoms with van der Waals surface area (Å²) in [6.45, 7) is 2.50. The van der Waals surface area contributed by atoms with Crippen LogP contribution in [0.5, 0.6) is 0 Å². The second-order valence-electron chi connectivity index (χ2n) is 6.90. The smallest absolute Gasteiger partial charge is 0.244 e. The summed E-state index contributed by atoms with van der Waals surface area (Å²) in [6.07, 6.45) is 23.1. The van der Waals surface area contributed by atoms with Crippen LogP contribution in [0, 0.1) is 0 Å². The number of ether oxygens (including phenoxy) is 1. The first kappa shape index (κ1) is 22.5. The van der Waals surface area contributed by atoms with E-state index in [-0.39, 0.29) is 19.1 Å². The van der Waals surface area contributed by atoms with Gasteiger partial charge >= 0.3 is 0 Å². The van der Waals surface area contributed by atoms with E-state index >= 15 is 0 Å². The molecule has 1 saturated heterocycles. The van der Waals surface area contributed by atoms with Crippen LogP contribution >= 0.6 is 0 Å². The Hall–Kier alpha value is -1.55. The van der Waals surface area contributed by atoms with Crippen LogP contribution in [0.25, 0.3) is 0 Å². The lowest BCUT2D eigenvalue weighted by Gasteiger charge is -2.01. The first-order valence-electron chi connectivity index (χ1n) is 10.4. The fraction of sp³-hybridized carbons (Fsp3) is 0.682. The third-order valence-corrected chi connectivity index (χ3v) is 4.46. The van der Waals surface area contributed by atoms with Crippen molar-refractivity contribution in [3.63, 3.8) is 0 Å². The molecule has 148 valence electrons. The number of allylic oxidation sites excluding steroid dienone is 3. The number of amides is 1. The zero-order chi connectivity index (χ0) is 18.9. The van der Waals surface area contributed by atoms with Crippen molar-refractivity contribution >= 4 is 5.91 Å². The molecular formula is C22H37NO3. The molecule has 0 aliphatic carbocycles. The number of hydrogen-bond donors (Lipinski definition) is 2. The molecule has 4 heteroatoms. The van der Waals surface area contributed by atoms with Gasteiger partial charge in [0.2, 0.25) is 5.91 Å². The Morgan fingerprint density at radius 3 is 2.19 bits per heavy atom. The molecule has 1 heterocycles. The minimum Gasteiger partial charge on any atom is -0.450 e. The van der Waals surface area contributed by atoms with E-state index in [2.05, 4.69) is 18.3 Å². The van der Waals surface area contributed by atoms with Crippen LogP contribution in [-0.4, -0.2) is 24.2 Å². The third-order valence-electron chi connectivity index (χ3n) is 4.46. The normalized spacial score (nSPS) is 16.4. The predicted octanol–water partition coefficient (Wildman–Crippen LogP) is 5.15. The quantitative estimate of drug-likeness (QED) is 0.226. The van der Waals surface area contributed by atoms with Gasteiger partial charge in [0.15, 0.2) is 11.5 Å². The van der Waals surface area contributed by atoms with E-state index in [0.717, 1.165) is 17.9 Å². The van der Waals surface area contributed by atoms with Gasteiger partial charge in [-0.3, -0.25) is 4.79 Å². The fourth-order valence-corrected chi connectivity index (χ4v) is 2.85. The first-order valence-corrected chi connectivity index (χ1v) is 10.4. The van der Waals surface area contributed by atoms with Crippen molar-refractivity contribution < 1.29 is 14.6 Å². The molecule has 1 amide bonds. The molecule has 0 aromatic rings.